The predicted molar refractivity (Wildman–Crippen MR) is 147 cm³/mol. The van der Waals surface area contributed by atoms with Gasteiger partial charge in [0.1, 0.15) is 11.5 Å². The van der Waals surface area contributed by atoms with Crippen LogP contribution in [0.1, 0.15) is 44.3 Å². The number of halogens is 1. The number of pyridine rings is 1. The number of aromatic nitrogens is 5. The Kier molecular flexibility index (Phi) is 7.10. The van der Waals surface area contributed by atoms with E-state index in [1.807, 2.05) is 55.5 Å². The third-order valence-corrected chi connectivity index (χ3v) is 6.28. The highest BCUT2D eigenvalue weighted by atomic mass is 19.1. The van der Waals surface area contributed by atoms with Gasteiger partial charge in [-0.2, -0.15) is 10.2 Å². The molecule has 5 rings (SSSR count). The smallest absolute Gasteiger partial charge is 0.273 e. The lowest BCUT2D eigenvalue weighted by molar-refractivity contribution is 0.101. The van der Waals surface area contributed by atoms with Crippen LogP contribution >= 0.6 is 0 Å². The van der Waals surface area contributed by atoms with E-state index in [9.17, 15) is 9.18 Å². The molecule has 0 saturated carbocycles. The molecule has 1 amide bonds. The zero-order valence-electron chi connectivity index (χ0n) is 21.4. The molecule has 0 radical (unpaired) electrons. The van der Waals surface area contributed by atoms with Gasteiger partial charge in [0.05, 0.1) is 22.6 Å². The number of anilines is 1. The predicted octanol–water partition coefficient (Wildman–Crippen LogP) is 5.16. The second-order valence-electron chi connectivity index (χ2n) is 9.19. The van der Waals surface area contributed by atoms with Gasteiger partial charge in [0.15, 0.2) is 0 Å². The molecule has 0 aliphatic heterocycles. The van der Waals surface area contributed by atoms with Crippen molar-refractivity contribution in [3.63, 3.8) is 0 Å². The van der Waals surface area contributed by atoms with Crippen molar-refractivity contribution in [1.82, 2.24) is 30.3 Å². The van der Waals surface area contributed by atoms with Crippen molar-refractivity contribution < 1.29 is 9.18 Å². The maximum absolute atomic E-state index is 14.7. The number of nitrogens with one attached hydrogen (secondary N) is 3. The quantitative estimate of drug-likeness (QED) is 0.268. The summed E-state index contributed by atoms with van der Waals surface area (Å²) in [7, 11) is 1.72. The second kappa shape index (κ2) is 10.8. The van der Waals surface area contributed by atoms with E-state index in [0.717, 1.165) is 33.5 Å². The number of aryl methyl sites for hydroxylation is 3. The summed E-state index contributed by atoms with van der Waals surface area (Å²) >= 11 is 0. The Labute approximate surface area is 219 Å². The van der Waals surface area contributed by atoms with Crippen LogP contribution in [-0.2, 0) is 20.1 Å². The normalized spacial score (nSPS) is 11.5. The van der Waals surface area contributed by atoms with E-state index in [-0.39, 0.29) is 11.7 Å². The van der Waals surface area contributed by atoms with Gasteiger partial charge in [0.2, 0.25) is 0 Å². The molecule has 0 spiro atoms. The van der Waals surface area contributed by atoms with Crippen LogP contribution in [0.2, 0.25) is 0 Å². The Balaban J connectivity index is 1.24. The van der Waals surface area contributed by atoms with Crippen molar-refractivity contribution in [1.29, 1.82) is 0 Å². The third kappa shape index (κ3) is 5.52. The lowest BCUT2D eigenvalue weighted by Gasteiger charge is -2.13. The molecular weight excluding hydrogens is 481 g/mol. The molecule has 0 aliphatic carbocycles. The summed E-state index contributed by atoms with van der Waals surface area (Å²) in [6.07, 6.45) is 5.62. The van der Waals surface area contributed by atoms with E-state index in [0.29, 0.717) is 35.6 Å². The average molecular weight is 510 g/mol. The monoisotopic (exact) mass is 509 g/mol. The number of H-pyrrole nitrogens is 1. The van der Waals surface area contributed by atoms with Gasteiger partial charge in [0.25, 0.3) is 5.91 Å². The molecule has 192 valence electrons. The minimum atomic E-state index is -0.322. The highest BCUT2D eigenvalue weighted by molar-refractivity contribution is 6.03. The van der Waals surface area contributed by atoms with Crippen molar-refractivity contribution >= 4 is 34.6 Å². The summed E-state index contributed by atoms with van der Waals surface area (Å²) in [4.78, 5) is 17.0. The summed E-state index contributed by atoms with van der Waals surface area (Å²) in [6.45, 7) is 4.44. The first-order valence-corrected chi connectivity index (χ1v) is 12.3. The van der Waals surface area contributed by atoms with Gasteiger partial charge in [-0.05, 0) is 73.5 Å². The van der Waals surface area contributed by atoms with Crippen LogP contribution in [0.5, 0.6) is 0 Å². The first-order chi connectivity index (χ1) is 18.4. The summed E-state index contributed by atoms with van der Waals surface area (Å²) in [6, 6.07) is 16.7. The number of amides is 1. The average Bonchev–Trinajstić information content (AvgIpc) is 3.47. The Morgan fingerprint density at radius 3 is 2.71 bits per heavy atom. The molecule has 3 heterocycles. The fourth-order valence-corrected chi connectivity index (χ4v) is 4.30. The maximum Gasteiger partial charge on any atom is 0.273 e. The second-order valence-corrected chi connectivity index (χ2v) is 9.19. The van der Waals surface area contributed by atoms with Gasteiger partial charge in [-0.15, -0.1) is 0 Å². The lowest BCUT2D eigenvalue weighted by atomic mass is 10.1. The number of fused-ring (bicyclic) bond motifs is 1. The van der Waals surface area contributed by atoms with Crippen LogP contribution in [0.4, 0.5) is 10.1 Å². The van der Waals surface area contributed by atoms with Crippen LogP contribution in [0.25, 0.3) is 23.1 Å². The summed E-state index contributed by atoms with van der Waals surface area (Å²) in [5, 5.41) is 18.9. The lowest BCUT2D eigenvalue weighted by Crippen LogP contribution is -2.18. The van der Waals surface area contributed by atoms with Crippen molar-refractivity contribution in [3.8, 4) is 0 Å². The SMILES string of the molecule is Cc1cc(C(=O)Nc2cc(CNCc3ccc4c(/C=C/c5ccccn5)n[nH]c4c3)c(F)cc2C)n(C)n1. The molecule has 0 saturated heterocycles. The molecule has 3 N–H and O–H groups in total. The molecule has 0 unspecified atom stereocenters. The molecule has 38 heavy (non-hydrogen) atoms. The molecule has 9 heteroatoms. The van der Waals surface area contributed by atoms with Crippen molar-refractivity contribution in [2.24, 2.45) is 7.05 Å². The van der Waals surface area contributed by atoms with E-state index in [4.69, 9.17) is 0 Å². The molecule has 3 aromatic heterocycles. The largest absolute Gasteiger partial charge is 0.320 e. The topological polar surface area (TPSA) is 101 Å². The first kappa shape index (κ1) is 25.0. The third-order valence-electron chi connectivity index (χ3n) is 6.28. The molecule has 0 aliphatic rings. The van der Waals surface area contributed by atoms with Gasteiger partial charge >= 0.3 is 0 Å². The number of carbonyl (C=O) groups excluding carboxylic acids is 1. The van der Waals surface area contributed by atoms with Gasteiger partial charge in [-0.25, -0.2) is 4.39 Å². The van der Waals surface area contributed by atoms with Crippen molar-refractivity contribution in [2.45, 2.75) is 26.9 Å². The van der Waals surface area contributed by atoms with E-state index in [2.05, 4.69) is 30.9 Å². The summed E-state index contributed by atoms with van der Waals surface area (Å²) < 4.78 is 16.2. The van der Waals surface area contributed by atoms with E-state index in [1.165, 1.54) is 10.7 Å². The highest BCUT2D eigenvalue weighted by Gasteiger charge is 2.15. The molecule has 0 atom stereocenters. The molecular formula is C29H28FN7O. The minimum absolute atomic E-state index is 0.288. The summed E-state index contributed by atoms with van der Waals surface area (Å²) in [5.41, 5.74) is 6.53. The van der Waals surface area contributed by atoms with Crippen LogP contribution in [-0.4, -0.2) is 30.9 Å². The Morgan fingerprint density at radius 2 is 1.95 bits per heavy atom. The van der Waals surface area contributed by atoms with Gasteiger partial charge in [0, 0.05) is 43.0 Å². The van der Waals surface area contributed by atoms with Crippen molar-refractivity contribution in [3.05, 3.63) is 106 Å². The zero-order valence-corrected chi connectivity index (χ0v) is 21.4. The van der Waals surface area contributed by atoms with Gasteiger partial charge < -0.3 is 10.6 Å². The number of hydrogen-bond donors (Lipinski definition) is 3. The Hall–Kier alpha value is -4.63. The number of rotatable bonds is 8. The number of nitrogens with zero attached hydrogens (tertiary/aromatic N) is 4. The number of hydrogen-bond acceptors (Lipinski definition) is 5. The van der Waals surface area contributed by atoms with Gasteiger partial charge in [-0.1, -0.05) is 18.2 Å². The molecule has 2 aromatic carbocycles. The van der Waals surface area contributed by atoms with E-state index in [1.54, 1.807) is 32.3 Å². The number of benzene rings is 2. The minimum Gasteiger partial charge on any atom is -0.320 e. The van der Waals surface area contributed by atoms with Gasteiger partial charge in [-0.3, -0.25) is 19.6 Å². The summed E-state index contributed by atoms with van der Waals surface area (Å²) in [5.74, 6) is -0.610. The first-order valence-electron chi connectivity index (χ1n) is 12.3. The standard InChI is InChI=1S/C29H28FN7O/c1-18-12-24(30)21(15-26(18)33-29(38)28-13-19(2)36-37(28)3)17-31-16-20-7-9-23-25(34-35-27(23)14-20)10-8-22-6-4-5-11-32-22/h4-15,31H,16-17H2,1-3H3,(H,33,38)(H,34,35)/b10-8+. The van der Waals surface area contributed by atoms with Crippen LogP contribution < -0.4 is 10.6 Å². The molecule has 0 bridgehead atoms. The fraction of sp³-hybridized carbons (Fsp3) is 0.172. The molecule has 8 nitrogen and oxygen atoms in total. The Bertz CT molecular complexity index is 1640. The number of carbonyl (C=O) groups is 1. The van der Waals surface area contributed by atoms with E-state index < -0.39 is 0 Å². The Morgan fingerprint density at radius 1 is 1.08 bits per heavy atom. The fourth-order valence-electron chi connectivity index (χ4n) is 4.30. The number of aromatic amines is 1. The highest BCUT2D eigenvalue weighted by Crippen LogP contribution is 2.22. The van der Waals surface area contributed by atoms with E-state index >= 15 is 0 Å². The molecule has 0 fully saturated rings. The maximum atomic E-state index is 14.7. The van der Waals surface area contributed by atoms with Crippen LogP contribution in [0.3, 0.4) is 0 Å². The molecule has 5 aromatic rings. The zero-order chi connectivity index (χ0) is 26.6. The van der Waals surface area contributed by atoms with Crippen LogP contribution in [0.15, 0.2) is 60.8 Å². The van der Waals surface area contributed by atoms with Crippen LogP contribution in [0, 0.1) is 19.7 Å². The van der Waals surface area contributed by atoms with Crippen molar-refractivity contribution in [2.75, 3.05) is 5.32 Å².